The highest BCUT2D eigenvalue weighted by Crippen LogP contribution is 2.36. The van der Waals surface area contributed by atoms with Gasteiger partial charge in [0.1, 0.15) is 5.69 Å². The van der Waals surface area contributed by atoms with Crippen molar-refractivity contribution >= 4 is 34.0 Å². The molecular weight excluding hydrogens is 473 g/mol. The lowest BCUT2D eigenvalue weighted by Crippen LogP contribution is -2.21. The number of halogens is 6. The van der Waals surface area contributed by atoms with Crippen LogP contribution in [0.3, 0.4) is 0 Å². The molecule has 0 spiro atoms. The third kappa shape index (κ3) is 4.29. The largest absolute Gasteiger partial charge is 0.434 e. The molecule has 1 aromatic carbocycles. The van der Waals surface area contributed by atoms with Crippen LogP contribution < -0.4 is 10.9 Å². The molecule has 0 unspecified atom stereocenters. The van der Waals surface area contributed by atoms with Gasteiger partial charge in [0, 0.05) is 28.9 Å². The van der Waals surface area contributed by atoms with Crippen LogP contribution in [0.2, 0.25) is 0 Å². The fourth-order valence-electron chi connectivity index (χ4n) is 3.22. The molecule has 170 valence electrons. The van der Waals surface area contributed by atoms with E-state index in [1.165, 1.54) is 30.5 Å². The summed E-state index contributed by atoms with van der Waals surface area (Å²) in [6.07, 6.45) is -2.14. The molecule has 2 N–H and O–H groups in total. The van der Waals surface area contributed by atoms with E-state index < -0.39 is 40.0 Å². The second-order valence-corrected chi connectivity index (χ2v) is 7.22. The number of carbonyl (C=O) groups is 1. The molecule has 0 atom stereocenters. The Morgan fingerprint density at radius 1 is 1.09 bits per heavy atom. The van der Waals surface area contributed by atoms with Crippen LogP contribution in [0.25, 0.3) is 16.5 Å². The molecule has 3 heterocycles. The van der Waals surface area contributed by atoms with Crippen LogP contribution in [0.5, 0.6) is 0 Å². The van der Waals surface area contributed by atoms with Crippen LogP contribution >= 0.6 is 11.6 Å². The zero-order valence-electron chi connectivity index (χ0n) is 16.1. The lowest BCUT2D eigenvalue weighted by molar-refractivity contribution is -0.143. The lowest BCUT2D eigenvalue weighted by atomic mass is 10.1. The Morgan fingerprint density at radius 3 is 2.55 bits per heavy atom. The van der Waals surface area contributed by atoms with Gasteiger partial charge in [-0.1, -0.05) is 6.07 Å². The predicted octanol–water partition coefficient (Wildman–Crippen LogP) is 4.67. The van der Waals surface area contributed by atoms with E-state index in [9.17, 15) is 31.5 Å². The van der Waals surface area contributed by atoms with E-state index in [2.05, 4.69) is 20.4 Å². The number of hydrogen-bond donors (Lipinski definition) is 2. The van der Waals surface area contributed by atoms with Crippen molar-refractivity contribution in [3.63, 3.8) is 0 Å². The fraction of sp³-hybridized carbons (Fsp3) is 0.100. The summed E-state index contributed by atoms with van der Waals surface area (Å²) in [7, 11) is 0. The van der Waals surface area contributed by atoms with Crippen LogP contribution in [-0.2, 0) is 11.6 Å². The van der Waals surface area contributed by atoms with Crippen molar-refractivity contribution in [3.8, 4) is 5.69 Å². The van der Waals surface area contributed by atoms with Gasteiger partial charge in [-0.3, -0.25) is 14.6 Å². The molecule has 0 saturated carbocycles. The number of carbonyl (C=O) groups excluding carboxylic acids is 1. The van der Waals surface area contributed by atoms with Crippen LogP contribution in [-0.4, -0.2) is 25.7 Å². The molecule has 33 heavy (non-hydrogen) atoms. The smallest absolute Gasteiger partial charge is 0.329 e. The predicted molar refractivity (Wildman–Crippen MR) is 109 cm³/mol. The summed E-state index contributed by atoms with van der Waals surface area (Å²) in [6, 6.07) is 7.36. The van der Waals surface area contributed by atoms with Gasteiger partial charge in [-0.2, -0.15) is 27.1 Å². The second-order valence-electron chi connectivity index (χ2n) is 6.74. The summed E-state index contributed by atoms with van der Waals surface area (Å²) in [5.41, 5.74) is -4.02. The third-order valence-electron chi connectivity index (χ3n) is 4.61. The van der Waals surface area contributed by atoms with E-state index in [1.54, 1.807) is 0 Å². The molecule has 0 saturated heterocycles. The molecule has 4 rings (SSSR count). The summed E-state index contributed by atoms with van der Waals surface area (Å²) in [4.78, 5) is 30.5. The molecule has 1 amide bonds. The van der Waals surface area contributed by atoms with Gasteiger partial charge in [-0.15, -0.1) is 0 Å². The molecule has 4 aromatic rings. The molecule has 3 aromatic heterocycles. The van der Waals surface area contributed by atoms with Crippen LogP contribution in [0.15, 0.2) is 59.8 Å². The van der Waals surface area contributed by atoms with Gasteiger partial charge in [0.15, 0.2) is 5.69 Å². The first-order valence-electron chi connectivity index (χ1n) is 9.07. The van der Waals surface area contributed by atoms with Crippen molar-refractivity contribution in [2.75, 3.05) is 5.32 Å². The van der Waals surface area contributed by atoms with E-state index in [0.29, 0.717) is 10.9 Å². The number of nitrogens with zero attached hydrogens (tertiary/aromatic N) is 3. The van der Waals surface area contributed by atoms with E-state index >= 15 is 0 Å². The highest BCUT2D eigenvalue weighted by Gasteiger charge is 2.41. The number of pyridine rings is 2. The third-order valence-corrected chi connectivity index (χ3v) is 4.80. The van der Waals surface area contributed by atoms with Crippen molar-refractivity contribution in [3.05, 3.63) is 82.3 Å². The molecule has 7 nitrogen and oxygen atoms in total. The maximum Gasteiger partial charge on any atom is 0.434 e. The number of benzene rings is 1. The van der Waals surface area contributed by atoms with E-state index in [1.807, 2.05) is 0 Å². The highest BCUT2D eigenvalue weighted by atomic mass is 35.5. The minimum atomic E-state index is -5.03. The Labute approximate surface area is 185 Å². The number of alkyl halides is 6. The first-order valence-corrected chi connectivity index (χ1v) is 9.45. The summed E-state index contributed by atoms with van der Waals surface area (Å²) in [6.45, 7) is 0. The molecule has 0 radical (unpaired) electrons. The zero-order chi connectivity index (χ0) is 24.0. The highest BCUT2D eigenvalue weighted by molar-refractivity contribution is 6.21. The summed E-state index contributed by atoms with van der Waals surface area (Å²) >= 11 is 4.90. The molecular formula is C20H11ClF5N5O2. The Morgan fingerprint density at radius 2 is 1.85 bits per heavy atom. The van der Waals surface area contributed by atoms with Crippen LogP contribution in [0.4, 0.5) is 27.6 Å². The standard InChI is InChI=1S/C20H11ClF5N5O2/c21-19(22,23)15-8-10(4-6-27-15)30-18(33)13-9-29-31(16(13)20(24,25)26)14-3-1-2-12-11(14)5-7-28-17(12)32/h1-9H,(H,28,32)(H,27,30,33). The van der Waals surface area contributed by atoms with Gasteiger partial charge in [-0.25, -0.2) is 4.68 Å². The second kappa shape index (κ2) is 7.96. The fourth-order valence-corrected chi connectivity index (χ4v) is 3.32. The number of anilines is 1. The van der Waals surface area contributed by atoms with Crippen LogP contribution in [0.1, 0.15) is 21.7 Å². The van der Waals surface area contributed by atoms with Gasteiger partial charge in [0.05, 0.1) is 17.4 Å². The van der Waals surface area contributed by atoms with Crippen molar-refractivity contribution in [1.29, 1.82) is 0 Å². The average Bonchev–Trinajstić information content (AvgIpc) is 3.19. The molecule has 0 aliphatic rings. The quantitative estimate of drug-likeness (QED) is 0.326. The number of rotatable bonds is 4. The van der Waals surface area contributed by atoms with Gasteiger partial charge in [0.2, 0.25) is 0 Å². The number of nitrogens with one attached hydrogen (secondary N) is 2. The van der Waals surface area contributed by atoms with Crippen molar-refractivity contribution in [2.24, 2.45) is 0 Å². The maximum atomic E-state index is 14.0. The van der Waals surface area contributed by atoms with Gasteiger partial charge in [-0.05, 0) is 41.9 Å². The minimum Gasteiger partial charge on any atom is -0.329 e. The number of aromatic nitrogens is 4. The van der Waals surface area contributed by atoms with Crippen molar-refractivity contribution in [1.82, 2.24) is 19.7 Å². The van der Waals surface area contributed by atoms with Crippen molar-refractivity contribution < 1.29 is 26.7 Å². The summed E-state index contributed by atoms with van der Waals surface area (Å²) < 4.78 is 69.0. The average molecular weight is 484 g/mol. The van der Waals surface area contributed by atoms with E-state index in [4.69, 9.17) is 11.6 Å². The van der Waals surface area contributed by atoms with E-state index in [-0.39, 0.29) is 22.1 Å². The molecule has 0 fully saturated rings. The van der Waals surface area contributed by atoms with Gasteiger partial charge < -0.3 is 10.3 Å². The number of fused-ring (bicyclic) bond motifs is 1. The molecule has 0 bridgehead atoms. The van der Waals surface area contributed by atoms with E-state index in [0.717, 1.165) is 18.3 Å². The SMILES string of the molecule is O=C(Nc1ccnc(C(F)(F)Cl)c1)c1cnn(-c2cccc3c(=O)[nH]ccc23)c1C(F)(F)F. The van der Waals surface area contributed by atoms with Gasteiger partial charge >= 0.3 is 11.6 Å². The Bertz CT molecular complexity index is 1420. The number of H-pyrrole nitrogens is 1. The number of amides is 1. The monoisotopic (exact) mass is 483 g/mol. The Hall–Kier alpha value is -3.80. The minimum absolute atomic E-state index is 0.0852. The number of hydrogen-bond acceptors (Lipinski definition) is 4. The number of aromatic amines is 1. The van der Waals surface area contributed by atoms with Crippen LogP contribution in [0, 0.1) is 0 Å². The topological polar surface area (TPSA) is 92.7 Å². The van der Waals surface area contributed by atoms with Gasteiger partial charge in [0.25, 0.3) is 11.5 Å². The normalized spacial score (nSPS) is 12.2. The summed E-state index contributed by atoms with van der Waals surface area (Å²) in [5.74, 6) is -1.25. The first-order chi connectivity index (χ1) is 15.5. The Balaban J connectivity index is 1.81. The molecule has 13 heteroatoms. The zero-order valence-corrected chi connectivity index (χ0v) is 16.9. The Kier molecular flexibility index (Phi) is 5.40. The first kappa shape index (κ1) is 22.4. The lowest BCUT2D eigenvalue weighted by Gasteiger charge is -2.14. The summed E-state index contributed by atoms with van der Waals surface area (Å²) in [5, 5.41) is 2.29. The van der Waals surface area contributed by atoms with Crippen molar-refractivity contribution in [2.45, 2.75) is 11.6 Å². The molecule has 0 aliphatic heterocycles. The maximum absolute atomic E-state index is 14.0. The molecule has 0 aliphatic carbocycles.